The van der Waals surface area contributed by atoms with Crippen LogP contribution in [0.15, 0.2) is 15.9 Å². The number of hydrogen-bond donors (Lipinski definition) is 1. The van der Waals surface area contributed by atoms with Gasteiger partial charge >= 0.3 is 5.97 Å². The maximum absolute atomic E-state index is 12.6. The number of rotatable bonds is 4. The lowest BCUT2D eigenvalue weighted by molar-refractivity contribution is -0.147. The Bertz CT molecular complexity index is 504. The van der Waals surface area contributed by atoms with E-state index >= 15 is 0 Å². The summed E-state index contributed by atoms with van der Waals surface area (Å²) in [5, 5.41) is 8.93. The van der Waals surface area contributed by atoms with Crippen molar-refractivity contribution in [2.75, 3.05) is 19.8 Å². The standard InChI is InChI=1S/C13H16BrNO4S/c1-8(10-2-3-11(14)20-10)13(18)15-4-5-19-7-9(15)6-12(16)17/h2-3,8-9H,4-7H2,1H3,(H,16,17). The average molecular weight is 362 g/mol. The fraction of sp³-hybridized carbons (Fsp3) is 0.538. The molecule has 1 aromatic rings. The minimum atomic E-state index is -0.912. The van der Waals surface area contributed by atoms with Crippen molar-refractivity contribution in [1.82, 2.24) is 4.90 Å². The van der Waals surface area contributed by atoms with E-state index in [1.165, 1.54) is 11.3 Å². The predicted octanol–water partition coefficient (Wildman–Crippen LogP) is 2.32. The number of aliphatic carboxylic acids is 1. The fourth-order valence-electron chi connectivity index (χ4n) is 2.25. The SMILES string of the molecule is CC(C(=O)N1CCOCC1CC(=O)O)c1ccc(Br)s1. The summed E-state index contributed by atoms with van der Waals surface area (Å²) in [6.07, 6.45) is -0.0768. The lowest BCUT2D eigenvalue weighted by Crippen LogP contribution is -2.50. The highest BCUT2D eigenvalue weighted by atomic mass is 79.9. The Balaban J connectivity index is 2.10. The van der Waals surface area contributed by atoms with E-state index in [-0.39, 0.29) is 24.3 Å². The molecule has 1 aliphatic heterocycles. The van der Waals surface area contributed by atoms with Crippen LogP contribution in [-0.4, -0.2) is 47.7 Å². The van der Waals surface area contributed by atoms with Crippen molar-refractivity contribution >= 4 is 39.1 Å². The number of carboxylic acids is 1. The van der Waals surface area contributed by atoms with Gasteiger partial charge in [-0.2, -0.15) is 0 Å². The van der Waals surface area contributed by atoms with Gasteiger partial charge in [0.15, 0.2) is 0 Å². The monoisotopic (exact) mass is 361 g/mol. The summed E-state index contributed by atoms with van der Waals surface area (Å²) in [5.41, 5.74) is 0. The van der Waals surface area contributed by atoms with E-state index in [2.05, 4.69) is 15.9 Å². The van der Waals surface area contributed by atoms with Crippen molar-refractivity contribution in [2.45, 2.75) is 25.3 Å². The van der Waals surface area contributed by atoms with E-state index in [0.29, 0.717) is 19.8 Å². The van der Waals surface area contributed by atoms with Gasteiger partial charge in [-0.3, -0.25) is 9.59 Å². The van der Waals surface area contributed by atoms with Crippen LogP contribution in [0.1, 0.15) is 24.1 Å². The van der Waals surface area contributed by atoms with Crippen LogP contribution in [-0.2, 0) is 14.3 Å². The van der Waals surface area contributed by atoms with Crippen LogP contribution in [0.4, 0.5) is 0 Å². The number of halogens is 1. The first-order chi connectivity index (χ1) is 9.49. The van der Waals surface area contributed by atoms with E-state index in [1.807, 2.05) is 19.1 Å². The molecule has 0 saturated carbocycles. The first-order valence-electron chi connectivity index (χ1n) is 6.34. The van der Waals surface area contributed by atoms with Crippen LogP contribution < -0.4 is 0 Å². The summed E-state index contributed by atoms with van der Waals surface area (Å²) in [5.74, 6) is -1.21. The fourth-order valence-corrected chi connectivity index (χ4v) is 3.71. The molecule has 7 heteroatoms. The van der Waals surface area contributed by atoms with Crippen molar-refractivity contribution in [3.8, 4) is 0 Å². The lowest BCUT2D eigenvalue weighted by Gasteiger charge is -2.36. The largest absolute Gasteiger partial charge is 0.481 e. The molecule has 20 heavy (non-hydrogen) atoms. The van der Waals surface area contributed by atoms with Gasteiger partial charge in [-0.15, -0.1) is 11.3 Å². The molecule has 5 nitrogen and oxygen atoms in total. The van der Waals surface area contributed by atoms with Crippen molar-refractivity contribution in [3.05, 3.63) is 20.8 Å². The highest BCUT2D eigenvalue weighted by molar-refractivity contribution is 9.11. The molecule has 2 unspecified atom stereocenters. The molecule has 0 aliphatic carbocycles. The number of carbonyl (C=O) groups is 2. The van der Waals surface area contributed by atoms with Crippen molar-refractivity contribution in [1.29, 1.82) is 0 Å². The predicted molar refractivity (Wildman–Crippen MR) is 79.0 cm³/mol. The number of hydrogen-bond acceptors (Lipinski definition) is 4. The maximum Gasteiger partial charge on any atom is 0.305 e. The third-order valence-electron chi connectivity index (χ3n) is 3.31. The van der Waals surface area contributed by atoms with E-state index in [4.69, 9.17) is 9.84 Å². The number of ether oxygens (including phenoxy) is 1. The molecule has 1 fully saturated rings. The van der Waals surface area contributed by atoms with Gasteiger partial charge in [-0.1, -0.05) is 0 Å². The molecule has 0 bridgehead atoms. The smallest absolute Gasteiger partial charge is 0.305 e. The molecule has 0 spiro atoms. The minimum Gasteiger partial charge on any atom is -0.481 e. The second-order valence-corrected chi connectivity index (χ2v) is 7.22. The Morgan fingerprint density at radius 1 is 1.60 bits per heavy atom. The molecule has 0 aromatic carbocycles. The van der Waals surface area contributed by atoms with Crippen molar-refractivity contribution < 1.29 is 19.4 Å². The first kappa shape index (κ1) is 15.5. The lowest BCUT2D eigenvalue weighted by atomic mass is 10.1. The number of carbonyl (C=O) groups excluding carboxylic acids is 1. The molecule has 1 N–H and O–H groups in total. The number of morpholine rings is 1. The molecular weight excluding hydrogens is 346 g/mol. The summed E-state index contributed by atoms with van der Waals surface area (Å²) >= 11 is 4.91. The Hall–Kier alpha value is -0.920. The van der Waals surface area contributed by atoms with Gasteiger partial charge in [-0.25, -0.2) is 0 Å². The van der Waals surface area contributed by atoms with Crippen LogP contribution in [0, 0.1) is 0 Å². The van der Waals surface area contributed by atoms with Gasteiger partial charge in [0.05, 0.1) is 35.4 Å². The third kappa shape index (κ3) is 3.59. The molecule has 110 valence electrons. The minimum absolute atomic E-state index is 0.0334. The van der Waals surface area contributed by atoms with Gasteiger partial charge in [0.1, 0.15) is 0 Å². The normalized spacial score (nSPS) is 20.7. The third-order valence-corrected chi connectivity index (χ3v) is 5.12. The summed E-state index contributed by atoms with van der Waals surface area (Å²) < 4.78 is 6.27. The average Bonchev–Trinajstić information content (AvgIpc) is 2.84. The molecule has 0 radical (unpaired) electrons. The quantitative estimate of drug-likeness (QED) is 0.893. The molecule has 2 rings (SSSR count). The number of thiophene rings is 1. The molecule has 1 saturated heterocycles. The van der Waals surface area contributed by atoms with Crippen LogP contribution in [0.25, 0.3) is 0 Å². The Morgan fingerprint density at radius 3 is 2.95 bits per heavy atom. The molecule has 2 heterocycles. The summed E-state index contributed by atoms with van der Waals surface area (Å²) in [6.45, 7) is 3.06. The second-order valence-electron chi connectivity index (χ2n) is 4.72. The van der Waals surface area contributed by atoms with Gasteiger partial charge in [0, 0.05) is 11.4 Å². The maximum atomic E-state index is 12.6. The highest BCUT2D eigenvalue weighted by Crippen LogP contribution is 2.30. The number of carboxylic acid groups (broad SMARTS) is 1. The van der Waals surface area contributed by atoms with Gasteiger partial charge in [0.2, 0.25) is 5.91 Å². The van der Waals surface area contributed by atoms with E-state index < -0.39 is 5.97 Å². The van der Waals surface area contributed by atoms with Crippen LogP contribution in [0.2, 0.25) is 0 Å². The second kappa shape index (κ2) is 6.69. The summed E-state index contributed by atoms with van der Waals surface area (Å²) in [7, 11) is 0. The zero-order chi connectivity index (χ0) is 14.7. The number of amides is 1. The summed E-state index contributed by atoms with van der Waals surface area (Å²) in [6, 6.07) is 3.46. The Morgan fingerprint density at radius 2 is 2.35 bits per heavy atom. The van der Waals surface area contributed by atoms with E-state index in [0.717, 1.165) is 8.66 Å². The van der Waals surface area contributed by atoms with Crippen LogP contribution in [0.5, 0.6) is 0 Å². The van der Waals surface area contributed by atoms with E-state index in [1.54, 1.807) is 4.90 Å². The molecule has 1 aliphatic rings. The first-order valence-corrected chi connectivity index (χ1v) is 7.95. The number of nitrogens with zero attached hydrogens (tertiary/aromatic N) is 1. The van der Waals surface area contributed by atoms with Crippen molar-refractivity contribution in [2.24, 2.45) is 0 Å². The van der Waals surface area contributed by atoms with Crippen LogP contribution in [0.3, 0.4) is 0 Å². The Labute approximate surface area is 129 Å². The van der Waals surface area contributed by atoms with Gasteiger partial charge in [0.25, 0.3) is 0 Å². The Kier molecular flexibility index (Phi) is 5.17. The zero-order valence-corrected chi connectivity index (χ0v) is 13.4. The van der Waals surface area contributed by atoms with Gasteiger partial charge in [-0.05, 0) is 35.0 Å². The van der Waals surface area contributed by atoms with Crippen molar-refractivity contribution in [3.63, 3.8) is 0 Å². The van der Waals surface area contributed by atoms with Crippen LogP contribution >= 0.6 is 27.3 Å². The highest BCUT2D eigenvalue weighted by Gasteiger charge is 2.32. The molecule has 1 amide bonds. The van der Waals surface area contributed by atoms with Gasteiger partial charge < -0.3 is 14.7 Å². The topological polar surface area (TPSA) is 66.8 Å². The zero-order valence-electron chi connectivity index (χ0n) is 11.0. The summed E-state index contributed by atoms with van der Waals surface area (Å²) in [4.78, 5) is 26.1. The molecule has 1 aromatic heterocycles. The molecular formula is C13H16BrNO4S. The molecule has 2 atom stereocenters. The van der Waals surface area contributed by atoms with E-state index in [9.17, 15) is 9.59 Å².